The van der Waals surface area contributed by atoms with Gasteiger partial charge in [0.1, 0.15) is 6.29 Å². The summed E-state index contributed by atoms with van der Waals surface area (Å²) in [5.74, 6) is 0.145. The Bertz CT molecular complexity index is 817. The summed E-state index contributed by atoms with van der Waals surface area (Å²) in [5.41, 5.74) is 3.06. The summed E-state index contributed by atoms with van der Waals surface area (Å²) < 4.78 is 1.11. The number of benzene rings is 2. The molecule has 1 saturated carbocycles. The summed E-state index contributed by atoms with van der Waals surface area (Å²) in [6, 6.07) is 16.0. The lowest BCUT2D eigenvalue weighted by Gasteiger charge is -2.21. The number of carboxylic acids is 1. The quantitative estimate of drug-likeness (QED) is 0.459. The van der Waals surface area contributed by atoms with Crippen LogP contribution in [0.4, 0.5) is 0 Å². The van der Waals surface area contributed by atoms with Crippen molar-refractivity contribution in [2.24, 2.45) is 5.41 Å². The molecule has 0 saturated heterocycles. The second-order valence-electron chi connectivity index (χ2n) is 7.29. The number of aldehydes is 1. The smallest absolute Gasteiger partial charge is 0.303 e. The van der Waals surface area contributed by atoms with E-state index in [4.69, 9.17) is 5.11 Å². The minimum Gasteiger partial charge on any atom is -0.481 e. The fourth-order valence-corrected chi connectivity index (χ4v) is 5.37. The van der Waals surface area contributed by atoms with Gasteiger partial charge in [0.25, 0.3) is 0 Å². The summed E-state index contributed by atoms with van der Waals surface area (Å²) in [7, 11) is 0. The van der Waals surface area contributed by atoms with Gasteiger partial charge in [-0.05, 0) is 54.4 Å². The van der Waals surface area contributed by atoms with Crippen LogP contribution in [0.15, 0.2) is 53.0 Å². The van der Waals surface area contributed by atoms with Crippen molar-refractivity contribution in [3.63, 3.8) is 0 Å². The number of aryl methyl sites for hydroxylation is 1. The molecule has 0 radical (unpaired) electrons. The maximum atomic E-state index is 11.2. The number of halogens is 1. The zero-order valence-electron chi connectivity index (χ0n) is 15.1. The van der Waals surface area contributed by atoms with Gasteiger partial charge >= 0.3 is 5.97 Å². The fraction of sp³-hybridized carbons (Fsp3) is 0.364. The summed E-state index contributed by atoms with van der Waals surface area (Å²) in [5, 5.41) is 9.41. The van der Waals surface area contributed by atoms with Crippen LogP contribution >= 0.6 is 27.7 Å². The molecule has 2 aromatic rings. The molecule has 0 bridgehead atoms. The number of carbonyl (C=O) groups is 2. The molecule has 3 rings (SSSR count). The minimum absolute atomic E-state index is 0.0374. The van der Waals surface area contributed by atoms with Crippen LogP contribution in [0.1, 0.15) is 52.4 Å². The molecule has 1 fully saturated rings. The molecule has 0 aliphatic heterocycles. The minimum atomic E-state index is -0.708. The van der Waals surface area contributed by atoms with Crippen LogP contribution in [0.2, 0.25) is 0 Å². The summed E-state index contributed by atoms with van der Waals surface area (Å²) in [6.45, 7) is 0. The second kappa shape index (κ2) is 9.07. The number of carboxylic acid groups (broad SMARTS) is 1. The zero-order chi connectivity index (χ0) is 19.3. The van der Waals surface area contributed by atoms with Gasteiger partial charge in [-0.2, -0.15) is 11.8 Å². The first-order chi connectivity index (χ1) is 13.0. The van der Waals surface area contributed by atoms with Gasteiger partial charge in [0.2, 0.25) is 0 Å². The average Bonchev–Trinajstić information content (AvgIpc) is 3.42. The predicted octanol–water partition coefficient (Wildman–Crippen LogP) is 5.92. The number of aliphatic carboxylic acids is 1. The van der Waals surface area contributed by atoms with E-state index in [0.29, 0.717) is 5.56 Å². The van der Waals surface area contributed by atoms with Crippen LogP contribution in [0.3, 0.4) is 0 Å². The molecule has 1 atom stereocenters. The third-order valence-electron chi connectivity index (χ3n) is 5.13. The molecule has 27 heavy (non-hydrogen) atoms. The van der Waals surface area contributed by atoms with E-state index in [9.17, 15) is 9.59 Å². The number of hydrogen-bond acceptors (Lipinski definition) is 3. The SMILES string of the molecule is O=Cc1cccc([C@@H](CCc2ccccc2Br)SCC2(CC(=O)O)CC2)c1. The highest BCUT2D eigenvalue weighted by molar-refractivity contribution is 9.10. The van der Waals surface area contributed by atoms with Crippen molar-refractivity contribution in [1.82, 2.24) is 0 Å². The third kappa shape index (κ3) is 5.69. The first kappa shape index (κ1) is 20.2. The van der Waals surface area contributed by atoms with E-state index in [1.165, 1.54) is 5.56 Å². The van der Waals surface area contributed by atoms with Crippen LogP contribution in [0, 0.1) is 5.41 Å². The standard InChI is InChI=1S/C22H23BrO3S/c23-19-7-2-1-5-17(19)8-9-20(18-6-3-4-16(12-18)14-24)27-15-22(10-11-22)13-21(25)26/h1-7,12,14,20H,8-11,13,15H2,(H,25,26)/t20-/m1/s1. The van der Waals surface area contributed by atoms with Gasteiger partial charge < -0.3 is 5.11 Å². The van der Waals surface area contributed by atoms with Gasteiger partial charge in [0.15, 0.2) is 0 Å². The Morgan fingerprint density at radius 2 is 2.00 bits per heavy atom. The van der Waals surface area contributed by atoms with Gasteiger partial charge in [0, 0.05) is 21.0 Å². The normalized spacial score (nSPS) is 15.9. The van der Waals surface area contributed by atoms with Crippen molar-refractivity contribution >= 4 is 39.9 Å². The largest absolute Gasteiger partial charge is 0.481 e. The van der Waals surface area contributed by atoms with Crippen LogP contribution in [0.5, 0.6) is 0 Å². The molecule has 0 unspecified atom stereocenters. The topological polar surface area (TPSA) is 54.4 Å². The molecule has 1 N–H and O–H groups in total. The molecule has 0 aromatic heterocycles. The van der Waals surface area contributed by atoms with Gasteiger partial charge in [0.05, 0.1) is 6.42 Å². The Labute approximate surface area is 172 Å². The van der Waals surface area contributed by atoms with Crippen molar-refractivity contribution in [3.8, 4) is 0 Å². The second-order valence-corrected chi connectivity index (χ2v) is 9.33. The Hall–Kier alpha value is -1.59. The number of hydrogen-bond donors (Lipinski definition) is 1. The van der Waals surface area contributed by atoms with E-state index < -0.39 is 5.97 Å². The van der Waals surface area contributed by atoms with E-state index >= 15 is 0 Å². The molecule has 142 valence electrons. The number of thioether (sulfide) groups is 1. The van der Waals surface area contributed by atoms with E-state index in [2.05, 4.69) is 34.1 Å². The van der Waals surface area contributed by atoms with Crippen molar-refractivity contribution in [1.29, 1.82) is 0 Å². The van der Waals surface area contributed by atoms with Crippen LogP contribution < -0.4 is 0 Å². The molecule has 0 amide bonds. The maximum absolute atomic E-state index is 11.2. The molecule has 3 nitrogen and oxygen atoms in total. The Morgan fingerprint density at radius 1 is 1.22 bits per heavy atom. The van der Waals surface area contributed by atoms with Gasteiger partial charge in [-0.25, -0.2) is 0 Å². The Kier molecular flexibility index (Phi) is 6.77. The van der Waals surface area contributed by atoms with Gasteiger partial charge in [-0.15, -0.1) is 0 Å². The number of carbonyl (C=O) groups excluding carboxylic acids is 1. The lowest BCUT2D eigenvalue weighted by molar-refractivity contribution is -0.138. The lowest BCUT2D eigenvalue weighted by Crippen LogP contribution is -2.12. The highest BCUT2D eigenvalue weighted by Crippen LogP contribution is 2.53. The predicted molar refractivity (Wildman–Crippen MR) is 113 cm³/mol. The molecule has 1 aliphatic rings. The van der Waals surface area contributed by atoms with E-state index in [1.807, 2.05) is 42.1 Å². The van der Waals surface area contributed by atoms with Crippen LogP contribution in [-0.2, 0) is 11.2 Å². The summed E-state index contributed by atoms with van der Waals surface area (Å²) >= 11 is 5.45. The van der Waals surface area contributed by atoms with Crippen LogP contribution in [0.25, 0.3) is 0 Å². The highest BCUT2D eigenvalue weighted by Gasteiger charge is 2.44. The molecule has 2 aromatic carbocycles. The molecular formula is C22H23BrO3S. The molecule has 5 heteroatoms. The van der Waals surface area contributed by atoms with E-state index in [-0.39, 0.29) is 17.1 Å². The Balaban J connectivity index is 1.73. The van der Waals surface area contributed by atoms with Crippen molar-refractivity contribution in [2.75, 3.05) is 5.75 Å². The van der Waals surface area contributed by atoms with Crippen molar-refractivity contribution in [2.45, 2.75) is 37.4 Å². The van der Waals surface area contributed by atoms with E-state index in [0.717, 1.165) is 47.8 Å². The molecule has 0 spiro atoms. The monoisotopic (exact) mass is 446 g/mol. The van der Waals surface area contributed by atoms with Gasteiger partial charge in [-0.3, -0.25) is 9.59 Å². The molecular weight excluding hydrogens is 424 g/mol. The summed E-state index contributed by atoms with van der Waals surface area (Å²) in [4.78, 5) is 22.3. The van der Waals surface area contributed by atoms with E-state index in [1.54, 1.807) is 0 Å². The fourth-order valence-electron chi connectivity index (χ4n) is 3.31. The lowest BCUT2D eigenvalue weighted by atomic mass is 10.0. The van der Waals surface area contributed by atoms with Crippen molar-refractivity contribution < 1.29 is 14.7 Å². The maximum Gasteiger partial charge on any atom is 0.303 e. The van der Waals surface area contributed by atoms with Crippen molar-refractivity contribution in [3.05, 3.63) is 69.7 Å². The highest BCUT2D eigenvalue weighted by atomic mass is 79.9. The average molecular weight is 447 g/mol. The first-order valence-corrected chi connectivity index (χ1v) is 11.0. The molecule has 1 aliphatic carbocycles. The first-order valence-electron chi connectivity index (χ1n) is 9.13. The Morgan fingerprint density at radius 3 is 2.67 bits per heavy atom. The van der Waals surface area contributed by atoms with Gasteiger partial charge in [-0.1, -0.05) is 52.3 Å². The molecule has 0 heterocycles. The summed E-state index contributed by atoms with van der Waals surface area (Å²) in [6.07, 6.45) is 5.00. The third-order valence-corrected chi connectivity index (χ3v) is 7.59. The van der Waals surface area contributed by atoms with Crippen LogP contribution in [-0.4, -0.2) is 23.1 Å². The zero-order valence-corrected chi connectivity index (χ0v) is 17.5. The number of rotatable bonds is 10.